The molecule has 1 aromatic carbocycles. The molecule has 21 heavy (non-hydrogen) atoms. The van der Waals surface area contributed by atoms with Crippen LogP contribution < -0.4 is 15.2 Å². The Labute approximate surface area is 136 Å². The highest BCUT2D eigenvalue weighted by Crippen LogP contribution is 2.32. The molecule has 8 heteroatoms. The molecular formula is C13H15BrN2O3S2. The summed E-state index contributed by atoms with van der Waals surface area (Å²) in [6.07, 6.45) is 0. The van der Waals surface area contributed by atoms with E-state index in [4.69, 9.17) is 10.5 Å². The van der Waals surface area contributed by atoms with Gasteiger partial charge in [0.15, 0.2) is 0 Å². The predicted molar refractivity (Wildman–Crippen MR) is 88.2 cm³/mol. The average molecular weight is 391 g/mol. The lowest BCUT2D eigenvalue weighted by Crippen LogP contribution is -2.24. The van der Waals surface area contributed by atoms with Crippen LogP contribution in [0.4, 0.5) is 5.69 Å². The minimum atomic E-state index is -3.71. The molecule has 0 saturated carbocycles. The maximum Gasteiger partial charge on any atom is 0.244 e. The number of benzene rings is 1. The highest BCUT2D eigenvalue weighted by atomic mass is 79.9. The van der Waals surface area contributed by atoms with E-state index in [1.54, 1.807) is 6.07 Å². The second kappa shape index (κ2) is 6.35. The minimum absolute atomic E-state index is 0.0265. The molecule has 5 nitrogen and oxygen atoms in total. The number of hydrogen-bond acceptors (Lipinski definition) is 5. The normalized spacial score (nSPS) is 11.6. The smallest absolute Gasteiger partial charge is 0.244 e. The number of nitrogens with one attached hydrogen (secondary N) is 1. The first-order valence-corrected chi connectivity index (χ1v) is 9.21. The van der Waals surface area contributed by atoms with Crippen LogP contribution in [0.3, 0.4) is 0 Å². The van der Waals surface area contributed by atoms with Crippen molar-refractivity contribution in [3.63, 3.8) is 0 Å². The predicted octanol–water partition coefficient (Wildman–Crippen LogP) is 2.89. The van der Waals surface area contributed by atoms with Crippen molar-refractivity contribution in [2.75, 3.05) is 12.8 Å². The van der Waals surface area contributed by atoms with E-state index < -0.39 is 10.0 Å². The van der Waals surface area contributed by atoms with Gasteiger partial charge in [0.05, 0.1) is 7.11 Å². The zero-order valence-electron chi connectivity index (χ0n) is 11.5. The SMILES string of the molecule is COc1cc(Br)c(N)cc1S(=O)(=O)NCc1cscc1C. The fourth-order valence-corrected chi connectivity index (χ4v) is 4.11. The Balaban J connectivity index is 2.31. The van der Waals surface area contributed by atoms with Gasteiger partial charge in [0.1, 0.15) is 10.6 Å². The molecule has 0 unspecified atom stereocenters. The van der Waals surface area contributed by atoms with Crippen LogP contribution in [0.1, 0.15) is 11.1 Å². The number of thiophene rings is 1. The Morgan fingerprint density at radius 1 is 1.38 bits per heavy atom. The van der Waals surface area contributed by atoms with Gasteiger partial charge in [0, 0.05) is 16.7 Å². The fourth-order valence-electron chi connectivity index (χ4n) is 1.74. The van der Waals surface area contributed by atoms with Crippen molar-refractivity contribution in [2.45, 2.75) is 18.4 Å². The molecule has 1 aromatic heterocycles. The number of methoxy groups -OCH3 is 1. The zero-order chi connectivity index (χ0) is 15.6. The third-order valence-electron chi connectivity index (χ3n) is 2.99. The maximum absolute atomic E-state index is 12.4. The first kappa shape index (κ1) is 16.3. The van der Waals surface area contributed by atoms with Crippen LogP contribution in [0.5, 0.6) is 5.75 Å². The van der Waals surface area contributed by atoms with Crippen molar-refractivity contribution in [3.05, 3.63) is 38.5 Å². The van der Waals surface area contributed by atoms with Crippen LogP contribution in [0.15, 0.2) is 32.3 Å². The van der Waals surface area contributed by atoms with Gasteiger partial charge in [-0.05, 0) is 56.9 Å². The molecule has 0 saturated heterocycles. The van der Waals surface area contributed by atoms with E-state index in [2.05, 4.69) is 20.7 Å². The number of nitrogens with two attached hydrogens (primary N) is 1. The van der Waals surface area contributed by atoms with Crippen LogP contribution >= 0.6 is 27.3 Å². The van der Waals surface area contributed by atoms with Gasteiger partial charge in [0.25, 0.3) is 0 Å². The molecular weight excluding hydrogens is 376 g/mol. The van der Waals surface area contributed by atoms with Crippen LogP contribution in [-0.4, -0.2) is 15.5 Å². The largest absolute Gasteiger partial charge is 0.495 e. The number of sulfonamides is 1. The Morgan fingerprint density at radius 3 is 2.67 bits per heavy atom. The molecule has 0 bridgehead atoms. The van der Waals surface area contributed by atoms with E-state index in [0.717, 1.165) is 11.1 Å². The summed E-state index contributed by atoms with van der Waals surface area (Å²) in [6.45, 7) is 2.18. The first-order valence-electron chi connectivity index (χ1n) is 5.99. The summed E-state index contributed by atoms with van der Waals surface area (Å²) in [6, 6.07) is 2.92. The molecule has 3 N–H and O–H groups in total. The van der Waals surface area contributed by atoms with E-state index in [1.165, 1.54) is 24.5 Å². The van der Waals surface area contributed by atoms with E-state index >= 15 is 0 Å². The Bertz CT molecular complexity index is 757. The summed E-state index contributed by atoms with van der Waals surface area (Å²) in [4.78, 5) is 0.0265. The van der Waals surface area contributed by atoms with Crippen molar-refractivity contribution in [2.24, 2.45) is 0 Å². The third-order valence-corrected chi connectivity index (χ3v) is 6.01. The maximum atomic E-state index is 12.4. The number of halogens is 1. The van der Waals surface area contributed by atoms with Crippen molar-refractivity contribution in [1.82, 2.24) is 4.72 Å². The fraction of sp³-hybridized carbons (Fsp3) is 0.231. The summed E-state index contributed by atoms with van der Waals surface area (Å²) in [5, 5.41) is 3.90. The van der Waals surface area contributed by atoms with Gasteiger partial charge in [0.2, 0.25) is 10.0 Å². The quantitative estimate of drug-likeness (QED) is 0.768. The molecule has 114 valence electrons. The lowest BCUT2D eigenvalue weighted by atomic mass is 10.2. The second-order valence-electron chi connectivity index (χ2n) is 4.43. The molecule has 2 aromatic rings. The zero-order valence-corrected chi connectivity index (χ0v) is 14.7. The van der Waals surface area contributed by atoms with Gasteiger partial charge >= 0.3 is 0 Å². The van der Waals surface area contributed by atoms with Crippen LogP contribution in [0.2, 0.25) is 0 Å². The van der Waals surface area contributed by atoms with E-state index in [0.29, 0.717) is 10.2 Å². The minimum Gasteiger partial charge on any atom is -0.495 e. The summed E-state index contributed by atoms with van der Waals surface area (Å²) < 4.78 is 33.1. The first-order chi connectivity index (χ1) is 9.85. The number of rotatable bonds is 5. The summed E-state index contributed by atoms with van der Waals surface area (Å²) in [5.41, 5.74) is 8.11. The van der Waals surface area contributed by atoms with Crippen molar-refractivity contribution in [3.8, 4) is 5.75 Å². The molecule has 0 atom stereocenters. The molecule has 2 rings (SSSR count). The molecule has 0 aliphatic carbocycles. The average Bonchev–Trinajstić information content (AvgIpc) is 2.84. The van der Waals surface area contributed by atoms with E-state index in [-0.39, 0.29) is 17.2 Å². The standard InChI is InChI=1S/C13H15BrN2O3S2/c1-8-6-20-7-9(8)5-16-21(17,18)13-4-11(15)10(14)3-12(13)19-2/h3-4,6-7,16H,5,15H2,1-2H3. The highest BCUT2D eigenvalue weighted by molar-refractivity contribution is 9.10. The van der Waals surface area contributed by atoms with E-state index in [1.807, 2.05) is 17.7 Å². The molecule has 0 amide bonds. The lowest BCUT2D eigenvalue weighted by Gasteiger charge is -2.12. The summed E-state index contributed by atoms with van der Waals surface area (Å²) in [7, 11) is -2.29. The van der Waals surface area contributed by atoms with Gasteiger partial charge in [-0.15, -0.1) is 0 Å². The number of ether oxygens (including phenoxy) is 1. The van der Waals surface area contributed by atoms with Gasteiger partial charge < -0.3 is 10.5 Å². The van der Waals surface area contributed by atoms with Crippen LogP contribution in [-0.2, 0) is 16.6 Å². The molecule has 0 aliphatic heterocycles. The third kappa shape index (κ3) is 3.57. The number of hydrogen-bond donors (Lipinski definition) is 2. The van der Waals surface area contributed by atoms with Crippen molar-refractivity contribution in [1.29, 1.82) is 0 Å². The molecule has 0 radical (unpaired) electrons. The summed E-state index contributed by atoms with van der Waals surface area (Å²) >= 11 is 4.79. The van der Waals surface area contributed by atoms with Crippen molar-refractivity contribution >= 4 is 43.0 Å². The lowest BCUT2D eigenvalue weighted by molar-refractivity contribution is 0.402. The monoisotopic (exact) mass is 390 g/mol. The van der Waals surface area contributed by atoms with Crippen LogP contribution in [0.25, 0.3) is 0 Å². The Hall–Kier alpha value is -1.09. The molecule has 1 heterocycles. The summed E-state index contributed by atoms with van der Waals surface area (Å²) in [5.74, 6) is 0.241. The number of anilines is 1. The van der Waals surface area contributed by atoms with Gasteiger partial charge in [-0.25, -0.2) is 13.1 Å². The van der Waals surface area contributed by atoms with Crippen molar-refractivity contribution < 1.29 is 13.2 Å². The molecule has 0 fully saturated rings. The second-order valence-corrected chi connectivity index (χ2v) is 7.76. The van der Waals surface area contributed by atoms with Crippen LogP contribution in [0, 0.1) is 6.92 Å². The highest BCUT2D eigenvalue weighted by Gasteiger charge is 2.21. The van der Waals surface area contributed by atoms with E-state index in [9.17, 15) is 8.42 Å². The van der Waals surface area contributed by atoms with Gasteiger partial charge in [-0.1, -0.05) is 0 Å². The molecule has 0 spiro atoms. The van der Waals surface area contributed by atoms with Gasteiger partial charge in [-0.2, -0.15) is 11.3 Å². The Morgan fingerprint density at radius 2 is 2.10 bits per heavy atom. The number of aryl methyl sites for hydroxylation is 1. The Kier molecular flexibility index (Phi) is 4.92. The molecule has 0 aliphatic rings. The van der Waals surface area contributed by atoms with Gasteiger partial charge in [-0.3, -0.25) is 0 Å². The number of nitrogen functional groups attached to an aromatic ring is 1. The topological polar surface area (TPSA) is 81.4 Å².